The summed E-state index contributed by atoms with van der Waals surface area (Å²) in [6.07, 6.45) is 6.92. The summed E-state index contributed by atoms with van der Waals surface area (Å²) in [6, 6.07) is 8.25. The van der Waals surface area contributed by atoms with Crippen molar-refractivity contribution in [2.75, 3.05) is 5.32 Å². The van der Waals surface area contributed by atoms with Gasteiger partial charge >= 0.3 is 0 Å². The van der Waals surface area contributed by atoms with E-state index >= 15 is 0 Å². The highest BCUT2D eigenvalue weighted by Gasteiger charge is 2.19. The van der Waals surface area contributed by atoms with Crippen molar-refractivity contribution in [1.29, 1.82) is 0 Å². The third-order valence-electron chi connectivity index (χ3n) is 4.15. The summed E-state index contributed by atoms with van der Waals surface area (Å²) in [6.45, 7) is 0. The molecular formula is C18H19ClN2O3. The van der Waals surface area contributed by atoms with Gasteiger partial charge in [0.05, 0.1) is 16.8 Å². The number of hydrogen-bond donors (Lipinski definition) is 2. The predicted molar refractivity (Wildman–Crippen MR) is 92.5 cm³/mol. The summed E-state index contributed by atoms with van der Waals surface area (Å²) in [5, 5.41) is 6.09. The Balaban J connectivity index is 1.71. The Morgan fingerprint density at radius 3 is 2.58 bits per heavy atom. The van der Waals surface area contributed by atoms with Crippen LogP contribution in [-0.2, 0) is 0 Å². The molecule has 1 aliphatic rings. The molecule has 126 valence electrons. The third-order valence-corrected chi connectivity index (χ3v) is 4.48. The van der Waals surface area contributed by atoms with Gasteiger partial charge in [0.2, 0.25) is 0 Å². The number of carbonyl (C=O) groups excluding carboxylic acids is 2. The monoisotopic (exact) mass is 346 g/mol. The lowest BCUT2D eigenvalue weighted by Crippen LogP contribution is -2.36. The fourth-order valence-electron chi connectivity index (χ4n) is 2.89. The second kappa shape index (κ2) is 7.53. The van der Waals surface area contributed by atoms with Gasteiger partial charge in [0, 0.05) is 11.7 Å². The fraction of sp³-hybridized carbons (Fsp3) is 0.333. The van der Waals surface area contributed by atoms with E-state index in [9.17, 15) is 9.59 Å². The van der Waals surface area contributed by atoms with Crippen molar-refractivity contribution in [3.05, 3.63) is 52.9 Å². The molecule has 1 aromatic heterocycles. The molecule has 5 nitrogen and oxygen atoms in total. The Labute approximate surface area is 145 Å². The van der Waals surface area contributed by atoms with E-state index in [1.54, 1.807) is 30.3 Å². The van der Waals surface area contributed by atoms with Gasteiger partial charge in [-0.3, -0.25) is 9.59 Å². The van der Waals surface area contributed by atoms with Crippen LogP contribution in [0.4, 0.5) is 5.69 Å². The Morgan fingerprint density at radius 1 is 1.08 bits per heavy atom. The lowest BCUT2D eigenvalue weighted by Gasteiger charge is -2.23. The molecule has 0 aliphatic heterocycles. The molecule has 1 heterocycles. The van der Waals surface area contributed by atoms with E-state index in [0.29, 0.717) is 16.3 Å². The number of hydrogen-bond acceptors (Lipinski definition) is 3. The minimum absolute atomic E-state index is 0.198. The Bertz CT molecular complexity index is 722. The van der Waals surface area contributed by atoms with Crippen LogP contribution in [0.1, 0.15) is 53.0 Å². The van der Waals surface area contributed by atoms with Gasteiger partial charge in [0.25, 0.3) is 11.8 Å². The van der Waals surface area contributed by atoms with Crippen LogP contribution in [0.2, 0.25) is 5.02 Å². The predicted octanol–water partition coefficient (Wildman–Crippen LogP) is 4.25. The molecule has 0 atom stereocenters. The second-order valence-electron chi connectivity index (χ2n) is 5.93. The van der Waals surface area contributed by atoms with Crippen LogP contribution in [0.15, 0.2) is 41.0 Å². The molecule has 0 spiro atoms. The van der Waals surface area contributed by atoms with Crippen molar-refractivity contribution >= 4 is 29.1 Å². The summed E-state index contributed by atoms with van der Waals surface area (Å²) in [4.78, 5) is 24.5. The highest BCUT2D eigenvalue weighted by atomic mass is 35.5. The standard InChI is InChI=1S/C18H19ClN2O3/c19-15-9-8-13(21-18(23)16-7-4-10-24-16)11-14(15)17(22)20-12-5-2-1-3-6-12/h4,7-12H,1-3,5-6H2,(H,20,22)(H,21,23). The topological polar surface area (TPSA) is 71.3 Å². The average Bonchev–Trinajstić information content (AvgIpc) is 3.12. The van der Waals surface area contributed by atoms with E-state index in [0.717, 1.165) is 25.7 Å². The molecule has 1 aromatic carbocycles. The highest BCUT2D eigenvalue weighted by molar-refractivity contribution is 6.34. The normalized spacial score (nSPS) is 15.0. The SMILES string of the molecule is O=C(Nc1ccc(Cl)c(C(=O)NC2CCCCC2)c1)c1ccco1. The van der Waals surface area contributed by atoms with E-state index in [-0.39, 0.29) is 23.6 Å². The molecule has 0 unspecified atom stereocenters. The van der Waals surface area contributed by atoms with Crippen molar-refractivity contribution < 1.29 is 14.0 Å². The van der Waals surface area contributed by atoms with E-state index in [1.807, 2.05) is 0 Å². The van der Waals surface area contributed by atoms with Crippen LogP contribution < -0.4 is 10.6 Å². The first-order valence-corrected chi connectivity index (χ1v) is 8.46. The Kier molecular flexibility index (Phi) is 5.20. The molecule has 1 fully saturated rings. The molecule has 6 heteroatoms. The molecule has 2 N–H and O–H groups in total. The van der Waals surface area contributed by atoms with E-state index in [2.05, 4.69) is 10.6 Å². The minimum atomic E-state index is -0.374. The van der Waals surface area contributed by atoms with Crippen LogP contribution in [-0.4, -0.2) is 17.9 Å². The summed E-state index contributed by atoms with van der Waals surface area (Å²) in [5.41, 5.74) is 0.856. The molecule has 1 aliphatic carbocycles. The Morgan fingerprint density at radius 2 is 1.88 bits per heavy atom. The number of nitrogens with one attached hydrogen (secondary N) is 2. The van der Waals surface area contributed by atoms with Gasteiger partial charge in [-0.15, -0.1) is 0 Å². The van der Waals surface area contributed by atoms with Crippen LogP contribution in [0, 0.1) is 0 Å². The fourth-order valence-corrected chi connectivity index (χ4v) is 3.09. The van der Waals surface area contributed by atoms with Crippen molar-refractivity contribution in [2.45, 2.75) is 38.1 Å². The first kappa shape index (κ1) is 16.6. The lowest BCUT2D eigenvalue weighted by molar-refractivity contribution is 0.0926. The molecule has 2 amide bonds. The summed E-state index contributed by atoms with van der Waals surface area (Å²) in [5.74, 6) is -0.375. The largest absolute Gasteiger partial charge is 0.459 e. The maximum absolute atomic E-state index is 12.5. The van der Waals surface area contributed by atoms with Gasteiger partial charge in [-0.25, -0.2) is 0 Å². The van der Waals surface area contributed by atoms with Gasteiger partial charge in [-0.2, -0.15) is 0 Å². The zero-order valence-corrected chi connectivity index (χ0v) is 13.9. The quantitative estimate of drug-likeness (QED) is 0.869. The molecule has 0 radical (unpaired) electrons. The van der Waals surface area contributed by atoms with Crippen LogP contribution in [0.3, 0.4) is 0 Å². The van der Waals surface area contributed by atoms with Crippen molar-refractivity contribution in [3.63, 3.8) is 0 Å². The summed E-state index contributed by atoms with van der Waals surface area (Å²) < 4.78 is 5.05. The number of amides is 2. The number of benzene rings is 1. The average molecular weight is 347 g/mol. The van der Waals surface area contributed by atoms with Crippen molar-refractivity contribution in [1.82, 2.24) is 5.32 Å². The smallest absolute Gasteiger partial charge is 0.291 e. The Hall–Kier alpha value is -2.27. The number of rotatable bonds is 4. The molecule has 1 saturated carbocycles. The first-order valence-electron chi connectivity index (χ1n) is 8.09. The van der Waals surface area contributed by atoms with Gasteiger partial charge in [0.1, 0.15) is 0 Å². The van der Waals surface area contributed by atoms with E-state index in [4.69, 9.17) is 16.0 Å². The van der Waals surface area contributed by atoms with E-state index < -0.39 is 0 Å². The van der Waals surface area contributed by atoms with Crippen LogP contribution >= 0.6 is 11.6 Å². The molecular weight excluding hydrogens is 328 g/mol. The minimum Gasteiger partial charge on any atom is -0.459 e. The summed E-state index contributed by atoms with van der Waals surface area (Å²) in [7, 11) is 0. The first-order chi connectivity index (χ1) is 11.6. The molecule has 24 heavy (non-hydrogen) atoms. The highest BCUT2D eigenvalue weighted by Crippen LogP contribution is 2.23. The van der Waals surface area contributed by atoms with Crippen LogP contribution in [0.25, 0.3) is 0 Å². The van der Waals surface area contributed by atoms with Crippen molar-refractivity contribution in [3.8, 4) is 0 Å². The van der Waals surface area contributed by atoms with Gasteiger partial charge in [-0.1, -0.05) is 30.9 Å². The molecule has 2 aromatic rings. The van der Waals surface area contributed by atoms with Crippen LogP contribution in [0.5, 0.6) is 0 Å². The lowest BCUT2D eigenvalue weighted by atomic mass is 9.95. The number of halogens is 1. The zero-order valence-electron chi connectivity index (χ0n) is 13.2. The number of anilines is 1. The number of furan rings is 1. The second-order valence-corrected chi connectivity index (χ2v) is 6.34. The third kappa shape index (κ3) is 3.97. The van der Waals surface area contributed by atoms with Gasteiger partial charge < -0.3 is 15.1 Å². The van der Waals surface area contributed by atoms with Gasteiger partial charge in [0.15, 0.2) is 5.76 Å². The van der Waals surface area contributed by atoms with Gasteiger partial charge in [-0.05, 0) is 43.2 Å². The molecule has 0 bridgehead atoms. The maximum atomic E-state index is 12.5. The zero-order chi connectivity index (χ0) is 16.9. The molecule has 3 rings (SSSR count). The van der Waals surface area contributed by atoms with Crippen molar-refractivity contribution in [2.24, 2.45) is 0 Å². The summed E-state index contributed by atoms with van der Waals surface area (Å²) >= 11 is 6.15. The van der Waals surface area contributed by atoms with E-state index in [1.165, 1.54) is 12.7 Å². The number of carbonyl (C=O) groups is 2. The maximum Gasteiger partial charge on any atom is 0.291 e. The molecule has 0 saturated heterocycles.